The van der Waals surface area contributed by atoms with Crippen molar-refractivity contribution in [2.75, 3.05) is 32.1 Å². The van der Waals surface area contributed by atoms with E-state index < -0.39 is 10.0 Å². The first-order valence-corrected chi connectivity index (χ1v) is 10.9. The second kappa shape index (κ2) is 10.3. The van der Waals surface area contributed by atoms with Crippen LogP contribution in [0.15, 0.2) is 47.4 Å². The van der Waals surface area contributed by atoms with Crippen LogP contribution >= 0.6 is 0 Å². The van der Waals surface area contributed by atoms with Crippen LogP contribution in [0.1, 0.15) is 25.8 Å². The van der Waals surface area contributed by atoms with E-state index in [1.807, 2.05) is 31.2 Å². The molecule has 158 valence electrons. The summed E-state index contributed by atoms with van der Waals surface area (Å²) >= 11 is 0. The largest absolute Gasteiger partial charge is 0.495 e. The van der Waals surface area contributed by atoms with Gasteiger partial charge in [-0.25, -0.2) is 8.42 Å². The molecule has 7 nitrogen and oxygen atoms in total. The molecular weight excluding hydrogens is 392 g/mol. The lowest BCUT2D eigenvalue weighted by molar-refractivity contribution is -0.116. The summed E-state index contributed by atoms with van der Waals surface area (Å²) in [5, 5.41) is 2.72. The van der Waals surface area contributed by atoms with Crippen LogP contribution in [-0.2, 0) is 14.8 Å². The van der Waals surface area contributed by atoms with Crippen molar-refractivity contribution < 1.29 is 22.7 Å². The highest BCUT2D eigenvalue weighted by Crippen LogP contribution is 2.29. The molecule has 2 aromatic carbocycles. The summed E-state index contributed by atoms with van der Waals surface area (Å²) in [5.41, 5.74) is 1.38. The molecule has 2 aromatic rings. The van der Waals surface area contributed by atoms with Crippen molar-refractivity contribution in [3.8, 4) is 11.5 Å². The molecule has 0 aliphatic heterocycles. The number of ether oxygens (including phenoxy) is 2. The van der Waals surface area contributed by atoms with E-state index in [0.29, 0.717) is 30.3 Å². The van der Waals surface area contributed by atoms with Crippen LogP contribution in [0.3, 0.4) is 0 Å². The number of aryl methyl sites for hydroxylation is 1. The fraction of sp³-hybridized carbons (Fsp3) is 0.381. The monoisotopic (exact) mass is 420 g/mol. The van der Waals surface area contributed by atoms with Crippen molar-refractivity contribution in [1.82, 2.24) is 4.31 Å². The van der Waals surface area contributed by atoms with Crippen LogP contribution in [0, 0.1) is 6.92 Å². The number of carbonyl (C=O) groups excluding carboxylic acids is 1. The molecule has 0 aromatic heterocycles. The number of amides is 1. The van der Waals surface area contributed by atoms with Crippen LogP contribution in [0.5, 0.6) is 11.5 Å². The molecule has 0 unspecified atom stereocenters. The summed E-state index contributed by atoms with van der Waals surface area (Å²) in [6.45, 7) is 6.45. The molecule has 0 bridgehead atoms. The van der Waals surface area contributed by atoms with E-state index in [1.54, 1.807) is 13.8 Å². The van der Waals surface area contributed by atoms with Gasteiger partial charge in [0.15, 0.2) is 0 Å². The normalized spacial score (nSPS) is 11.3. The van der Waals surface area contributed by atoms with Gasteiger partial charge in [0.25, 0.3) is 0 Å². The number of hydrogen-bond acceptors (Lipinski definition) is 5. The van der Waals surface area contributed by atoms with Gasteiger partial charge >= 0.3 is 0 Å². The fourth-order valence-electron chi connectivity index (χ4n) is 2.84. The molecular formula is C21H28N2O5S. The quantitative estimate of drug-likeness (QED) is 0.636. The van der Waals surface area contributed by atoms with Gasteiger partial charge < -0.3 is 14.8 Å². The zero-order valence-electron chi connectivity index (χ0n) is 17.3. The Labute approximate surface area is 172 Å². The molecule has 0 radical (unpaired) electrons. The molecule has 8 heteroatoms. The van der Waals surface area contributed by atoms with E-state index in [0.717, 1.165) is 5.56 Å². The Morgan fingerprint density at radius 3 is 2.45 bits per heavy atom. The van der Waals surface area contributed by atoms with Crippen LogP contribution in [0.4, 0.5) is 5.69 Å². The topological polar surface area (TPSA) is 84.9 Å². The number of nitrogens with one attached hydrogen (secondary N) is 1. The van der Waals surface area contributed by atoms with Crippen molar-refractivity contribution in [2.45, 2.75) is 32.1 Å². The lowest BCUT2D eigenvalue weighted by Crippen LogP contribution is -2.30. The minimum absolute atomic E-state index is 0.105. The molecule has 0 heterocycles. The average Bonchev–Trinajstić information content (AvgIpc) is 2.68. The van der Waals surface area contributed by atoms with Gasteiger partial charge in [0.05, 0.1) is 30.7 Å². The predicted molar refractivity (Wildman–Crippen MR) is 113 cm³/mol. The first kappa shape index (κ1) is 22.7. The number of rotatable bonds is 10. The second-order valence-electron chi connectivity index (χ2n) is 6.41. The highest BCUT2D eigenvalue weighted by Gasteiger charge is 2.23. The van der Waals surface area contributed by atoms with Crippen LogP contribution < -0.4 is 14.8 Å². The lowest BCUT2D eigenvalue weighted by Gasteiger charge is -2.19. The number of carbonyl (C=O) groups is 1. The van der Waals surface area contributed by atoms with Crippen molar-refractivity contribution in [3.05, 3.63) is 48.0 Å². The van der Waals surface area contributed by atoms with E-state index in [4.69, 9.17) is 9.47 Å². The third-order valence-electron chi connectivity index (χ3n) is 4.38. The third-order valence-corrected chi connectivity index (χ3v) is 6.42. The van der Waals surface area contributed by atoms with Crippen molar-refractivity contribution in [2.24, 2.45) is 0 Å². The minimum atomic E-state index is -3.64. The molecule has 0 atom stereocenters. The van der Waals surface area contributed by atoms with Crippen LogP contribution in [0.2, 0.25) is 0 Å². The molecule has 1 amide bonds. The molecule has 0 saturated heterocycles. The number of benzene rings is 2. The fourth-order valence-corrected chi connectivity index (χ4v) is 4.32. The number of nitrogens with zero attached hydrogens (tertiary/aromatic N) is 1. The van der Waals surface area contributed by atoms with Gasteiger partial charge in [-0.05, 0) is 42.8 Å². The maximum absolute atomic E-state index is 12.7. The summed E-state index contributed by atoms with van der Waals surface area (Å²) in [4.78, 5) is 12.4. The SMILES string of the molecule is CCN(CC)S(=O)(=O)c1ccc(OC)c(NC(=O)CCOc2cccc(C)c2)c1. The van der Waals surface area contributed by atoms with Crippen LogP contribution in [-0.4, -0.2) is 45.4 Å². The van der Waals surface area contributed by atoms with Gasteiger partial charge in [-0.15, -0.1) is 0 Å². The Morgan fingerprint density at radius 1 is 1.10 bits per heavy atom. The first-order valence-electron chi connectivity index (χ1n) is 9.49. The molecule has 0 spiro atoms. The van der Waals surface area contributed by atoms with Gasteiger partial charge in [0.2, 0.25) is 15.9 Å². The van der Waals surface area contributed by atoms with E-state index in [1.165, 1.54) is 29.6 Å². The Morgan fingerprint density at radius 2 is 1.83 bits per heavy atom. The van der Waals surface area contributed by atoms with E-state index in [-0.39, 0.29) is 23.8 Å². The minimum Gasteiger partial charge on any atom is -0.495 e. The average molecular weight is 421 g/mol. The third kappa shape index (κ3) is 5.95. The summed E-state index contributed by atoms with van der Waals surface area (Å²) in [6, 6.07) is 12.0. The van der Waals surface area contributed by atoms with Gasteiger partial charge in [-0.1, -0.05) is 26.0 Å². The van der Waals surface area contributed by atoms with Crippen molar-refractivity contribution in [3.63, 3.8) is 0 Å². The number of methoxy groups -OCH3 is 1. The van der Waals surface area contributed by atoms with Crippen molar-refractivity contribution >= 4 is 21.6 Å². The van der Waals surface area contributed by atoms with Gasteiger partial charge in [0.1, 0.15) is 11.5 Å². The molecule has 0 aliphatic rings. The summed E-state index contributed by atoms with van der Waals surface area (Å²) in [7, 11) is -2.18. The molecule has 1 N–H and O–H groups in total. The Balaban J connectivity index is 2.09. The van der Waals surface area contributed by atoms with E-state index in [9.17, 15) is 13.2 Å². The zero-order chi connectivity index (χ0) is 21.4. The standard InChI is InChI=1S/C21H28N2O5S/c1-5-23(6-2)29(25,26)18-10-11-20(27-4)19(15-18)22-21(24)12-13-28-17-9-7-8-16(3)14-17/h7-11,14-15H,5-6,12-13H2,1-4H3,(H,22,24). The number of sulfonamides is 1. The van der Waals surface area contributed by atoms with Gasteiger partial charge in [-0.2, -0.15) is 4.31 Å². The molecule has 0 aliphatic carbocycles. The Kier molecular flexibility index (Phi) is 8.04. The molecule has 0 fully saturated rings. The highest BCUT2D eigenvalue weighted by molar-refractivity contribution is 7.89. The zero-order valence-corrected chi connectivity index (χ0v) is 18.1. The van der Waals surface area contributed by atoms with Crippen molar-refractivity contribution in [1.29, 1.82) is 0 Å². The maximum atomic E-state index is 12.7. The molecule has 0 saturated carbocycles. The predicted octanol–water partition coefficient (Wildman–Crippen LogP) is 3.44. The number of hydrogen-bond donors (Lipinski definition) is 1. The highest BCUT2D eigenvalue weighted by atomic mass is 32.2. The smallest absolute Gasteiger partial charge is 0.243 e. The van der Waals surface area contributed by atoms with Gasteiger partial charge in [0, 0.05) is 13.1 Å². The molecule has 29 heavy (non-hydrogen) atoms. The summed E-state index contributed by atoms with van der Waals surface area (Å²) in [5.74, 6) is 0.785. The Hall–Kier alpha value is -2.58. The first-order chi connectivity index (χ1) is 13.8. The maximum Gasteiger partial charge on any atom is 0.243 e. The van der Waals surface area contributed by atoms with Gasteiger partial charge in [-0.3, -0.25) is 4.79 Å². The molecule has 2 rings (SSSR count). The second-order valence-corrected chi connectivity index (χ2v) is 8.35. The Bertz CT molecular complexity index is 940. The lowest BCUT2D eigenvalue weighted by atomic mass is 10.2. The van der Waals surface area contributed by atoms with E-state index in [2.05, 4.69) is 5.32 Å². The summed E-state index contributed by atoms with van der Waals surface area (Å²) < 4.78 is 37.7. The van der Waals surface area contributed by atoms with E-state index >= 15 is 0 Å². The number of anilines is 1. The summed E-state index contributed by atoms with van der Waals surface area (Å²) in [6.07, 6.45) is 0.115. The van der Waals surface area contributed by atoms with Crippen LogP contribution in [0.25, 0.3) is 0 Å².